The molecule has 0 unspecified atom stereocenters. The molecule has 2 fully saturated rings. The van der Waals surface area contributed by atoms with E-state index in [1.54, 1.807) is 12.1 Å². The van der Waals surface area contributed by atoms with E-state index in [0.717, 1.165) is 63.8 Å². The van der Waals surface area contributed by atoms with E-state index >= 15 is 0 Å². The number of unbranched alkanes of at least 4 members (excludes halogenated alkanes) is 1. The zero-order chi connectivity index (χ0) is 18.6. The van der Waals surface area contributed by atoms with Crippen LogP contribution in [0.4, 0.5) is 4.39 Å². The number of halogens is 1. The summed E-state index contributed by atoms with van der Waals surface area (Å²) in [4.78, 5) is 17.6. The third kappa shape index (κ3) is 4.44. The minimum absolute atomic E-state index is 0.0228. The molecule has 2 heterocycles. The van der Waals surface area contributed by atoms with Gasteiger partial charge in [-0.3, -0.25) is 9.69 Å². The molecular weight excluding hydrogens is 329 g/mol. The maximum atomic E-state index is 13.4. The molecule has 0 saturated carbocycles. The molecule has 1 N–H and O–H groups in total. The smallest absolute Gasteiger partial charge is 0.240 e. The lowest BCUT2D eigenvalue weighted by Crippen LogP contribution is -2.44. The first-order chi connectivity index (χ1) is 12.5. The quantitative estimate of drug-likeness (QED) is 0.846. The van der Waals surface area contributed by atoms with E-state index in [2.05, 4.69) is 24.2 Å². The number of carbonyl (C=O) groups is 1. The van der Waals surface area contributed by atoms with Gasteiger partial charge in [0.25, 0.3) is 0 Å². The number of piperidine rings is 1. The van der Waals surface area contributed by atoms with Gasteiger partial charge in [0.1, 0.15) is 5.82 Å². The van der Waals surface area contributed by atoms with Crippen LogP contribution in [0, 0.1) is 11.2 Å². The SMILES string of the molecule is CCCCN(Cc1ccc(F)cc1)C(=O)[C@@H]1CC2(CCNCC2)CN1C. The molecule has 0 radical (unpaired) electrons. The first kappa shape index (κ1) is 19.3. The summed E-state index contributed by atoms with van der Waals surface area (Å²) in [6.07, 6.45) is 5.35. The molecule has 0 aromatic heterocycles. The minimum Gasteiger partial charge on any atom is -0.337 e. The molecule has 2 saturated heterocycles. The number of nitrogens with zero attached hydrogens (tertiary/aromatic N) is 2. The second kappa shape index (κ2) is 8.49. The highest BCUT2D eigenvalue weighted by atomic mass is 19.1. The number of nitrogens with one attached hydrogen (secondary N) is 1. The van der Waals surface area contributed by atoms with Crippen molar-refractivity contribution in [2.24, 2.45) is 5.41 Å². The van der Waals surface area contributed by atoms with Gasteiger partial charge in [-0.05, 0) is 68.9 Å². The lowest BCUT2D eigenvalue weighted by molar-refractivity contribution is -0.136. The molecule has 1 amide bonds. The van der Waals surface area contributed by atoms with E-state index in [0.29, 0.717) is 12.0 Å². The van der Waals surface area contributed by atoms with Crippen molar-refractivity contribution in [3.05, 3.63) is 35.6 Å². The number of rotatable bonds is 6. The van der Waals surface area contributed by atoms with E-state index < -0.39 is 0 Å². The van der Waals surface area contributed by atoms with Gasteiger partial charge in [-0.2, -0.15) is 0 Å². The zero-order valence-corrected chi connectivity index (χ0v) is 16.1. The number of benzene rings is 1. The highest BCUT2D eigenvalue weighted by Gasteiger charge is 2.46. The van der Waals surface area contributed by atoms with Crippen LogP contribution in [0.2, 0.25) is 0 Å². The molecule has 4 nitrogen and oxygen atoms in total. The highest BCUT2D eigenvalue weighted by Crippen LogP contribution is 2.41. The van der Waals surface area contributed by atoms with Gasteiger partial charge in [-0.1, -0.05) is 25.5 Å². The van der Waals surface area contributed by atoms with Crippen molar-refractivity contribution in [2.75, 3.05) is 33.2 Å². The molecule has 1 aromatic rings. The second-order valence-corrected chi connectivity index (χ2v) is 8.12. The number of hydrogen-bond donors (Lipinski definition) is 1. The summed E-state index contributed by atoms with van der Waals surface area (Å²) in [6, 6.07) is 6.50. The van der Waals surface area contributed by atoms with Crippen molar-refractivity contribution in [1.29, 1.82) is 0 Å². The van der Waals surface area contributed by atoms with Gasteiger partial charge >= 0.3 is 0 Å². The van der Waals surface area contributed by atoms with Crippen molar-refractivity contribution in [2.45, 2.75) is 51.6 Å². The molecule has 2 aliphatic heterocycles. The van der Waals surface area contributed by atoms with Gasteiger partial charge < -0.3 is 10.2 Å². The molecule has 2 aliphatic rings. The molecule has 0 aliphatic carbocycles. The van der Waals surface area contributed by atoms with E-state index in [1.165, 1.54) is 12.1 Å². The fraction of sp³-hybridized carbons (Fsp3) is 0.667. The summed E-state index contributed by atoms with van der Waals surface area (Å²) >= 11 is 0. The lowest BCUT2D eigenvalue weighted by Gasteiger charge is -2.33. The molecule has 3 rings (SSSR count). The zero-order valence-electron chi connectivity index (χ0n) is 16.1. The van der Waals surface area contributed by atoms with Crippen LogP contribution in [0.25, 0.3) is 0 Å². The maximum Gasteiger partial charge on any atom is 0.240 e. The summed E-state index contributed by atoms with van der Waals surface area (Å²) in [5.74, 6) is 0.00393. The van der Waals surface area contributed by atoms with E-state index in [4.69, 9.17) is 0 Å². The molecule has 0 bridgehead atoms. The molecule has 144 valence electrons. The van der Waals surface area contributed by atoms with Crippen LogP contribution in [-0.2, 0) is 11.3 Å². The van der Waals surface area contributed by atoms with Crippen molar-refractivity contribution in [1.82, 2.24) is 15.1 Å². The van der Waals surface area contributed by atoms with Crippen LogP contribution in [0.1, 0.15) is 44.6 Å². The van der Waals surface area contributed by atoms with Crippen LogP contribution in [0.3, 0.4) is 0 Å². The Balaban J connectivity index is 1.70. The molecule has 1 atom stereocenters. The summed E-state index contributed by atoms with van der Waals surface area (Å²) < 4.78 is 13.2. The Hall–Kier alpha value is -1.46. The standard InChI is InChI=1S/C21H32FN3O/c1-3-4-13-25(15-17-5-7-18(22)8-6-17)20(26)19-14-21(16-24(19)2)9-11-23-12-10-21/h5-8,19,23H,3-4,9-16H2,1-2H3/t19-/m0/s1. The van der Waals surface area contributed by atoms with Gasteiger partial charge in [-0.15, -0.1) is 0 Å². The van der Waals surface area contributed by atoms with E-state index in [1.807, 2.05) is 4.90 Å². The van der Waals surface area contributed by atoms with Gasteiger partial charge in [-0.25, -0.2) is 4.39 Å². The van der Waals surface area contributed by atoms with Crippen LogP contribution in [0.5, 0.6) is 0 Å². The van der Waals surface area contributed by atoms with Crippen LogP contribution >= 0.6 is 0 Å². The summed E-state index contributed by atoms with van der Waals surface area (Å²) in [5, 5.41) is 3.44. The summed E-state index contributed by atoms with van der Waals surface area (Å²) in [6.45, 7) is 6.62. The predicted octanol–water partition coefficient (Wildman–Crippen LogP) is 3.03. The molecular formula is C21H32FN3O. The largest absolute Gasteiger partial charge is 0.337 e. The Kier molecular flexibility index (Phi) is 6.30. The Labute approximate surface area is 156 Å². The fourth-order valence-electron chi connectivity index (χ4n) is 4.50. The van der Waals surface area contributed by atoms with Crippen molar-refractivity contribution >= 4 is 5.91 Å². The minimum atomic E-state index is -0.233. The molecule has 1 spiro atoms. The monoisotopic (exact) mass is 361 g/mol. The third-order valence-electron chi connectivity index (χ3n) is 6.07. The fourth-order valence-corrected chi connectivity index (χ4v) is 4.50. The average molecular weight is 362 g/mol. The topological polar surface area (TPSA) is 35.6 Å². The maximum absolute atomic E-state index is 13.4. The van der Waals surface area contributed by atoms with Crippen molar-refractivity contribution in [3.63, 3.8) is 0 Å². The Morgan fingerprint density at radius 1 is 1.31 bits per heavy atom. The molecule has 5 heteroatoms. The Morgan fingerprint density at radius 2 is 2.00 bits per heavy atom. The van der Waals surface area contributed by atoms with Gasteiger partial charge in [0.15, 0.2) is 0 Å². The number of hydrogen-bond acceptors (Lipinski definition) is 3. The van der Waals surface area contributed by atoms with Crippen LogP contribution in [0.15, 0.2) is 24.3 Å². The van der Waals surface area contributed by atoms with Crippen LogP contribution in [-0.4, -0.2) is 55.0 Å². The molecule has 1 aromatic carbocycles. The lowest BCUT2D eigenvalue weighted by atomic mass is 9.77. The second-order valence-electron chi connectivity index (χ2n) is 8.12. The van der Waals surface area contributed by atoms with Gasteiger partial charge in [0, 0.05) is 19.6 Å². The Bertz CT molecular complexity index is 598. The van der Waals surface area contributed by atoms with E-state index in [9.17, 15) is 9.18 Å². The molecule has 26 heavy (non-hydrogen) atoms. The first-order valence-electron chi connectivity index (χ1n) is 9.97. The average Bonchev–Trinajstić information content (AvgIpc) is 2.96. The highest BCUT2D eigenvalue weighted by molar-refractivity contribution is 5.82. The Morgan fingerprint density at radius 3 is 2.65 bits per heavy atom. The summed E-state index contributed by atoms with van der Waals surface area (Å²) in [5.41, 5.74) is 1.29. The van der Waals surface area contributed by atoms with Gasteiger partial charge in [0.2, 0.25) is 5.91 Å². The van der Waals surface area contributed by atoms with Crippen molar-refractivity contribution in [3.8, 4) is 0 Å². The number of likely N-dealkylation sites (tertiary alicyclic amines) is 1. The summed E-state index contributed by atoms with van der Waals surface area (Å²) in [7, 11) is 2.09. The van der Waals surface area contributed by atoms with Crippen LogP contribution < -0.4 is 5.32 Å². The van der Waals surface area contributed by atoms with E-state index in [-0.39, 0.29) is 17.8 Å². The first-order valence-corrected chi connectivity index (χ1v) is 9.97. The van der Waals surface area contributed by atoms with Crippen molar-refractivity contribution < 1.29 is 9.18 Å². The number of likely N-dealkylation sites (N-methyl/N-ethyl adjacent to an activating group) is 1. The van der Waals surface area contributed by atoms with Gasteiger partial charge in [0.05, 0.1) is 6.04 Å². The third-order valence-corrected chi connectivity index (χ3v) is 6.07. The number of carbonyl (C=O) groups excluding carboxylic acids is 1. The normalized spacial score (nSPS) is 22.7. The number of amides is 1. The predicted molar refractivity (Wildman–Crippen MR) is 102 cm³/mol.